The van der Waals surface area contributed by atoms with Crippen LogP contribution in [0.25, 0.3) is 0 Å². The second kappa shape index (κ2) is 5.66. The minimum absolute atomic E-state index is 0.220. The molecule has 0 fully saturated rings. The lowest BCUT2D eigenvalue weighted by molar-refractivity contribution is 0.0693. The van der Waals surface area contributed by atoms with Crippen molar-refractivity contribution in [2.24, 2.45) is 0 Å². The summed E-state index contributed by atoms with van der Waals surface area (Å²) in [5.41, 5.74) is 1.22. The lowest BCUT2D eigenvalue weighted by atomic mass is 10.2. The molecule has 2 aromatic rings. The SMILES string of the molecule is CCn1nc(C)cc1C(=O)Nc1ccc(C(=O)O)c(O)c1. The average molecular weight is 289 g/mol. The first-order chi connectivity index (χ1) is 9.92. The number of carboxylic acids is 1. The van der Waals surface area contributed by atoms with Crippen molar-refractivity contribution in [3.05, 3.63) is 41.2 Å². The fourth-order valence-electron chi connectivity index (χ4n) is 1.95. The maximum Gasteiger partial charge on any atom is 0.339 e. The second-order valence-corrected chi connectivity index (χ2v) is 4.48. The molecule has 2 rings (SSSR count). The van der Waals surface area contributed by atoms with E-state index < -0.39 is 11.7 Å². The van der Waals surface area contributed by atoms with Gasteiger partial charge in [-0.2, -0.15) is 5.10 Å². The number of phenols is 1. The third kappa shape index (κ3) is 3.02. The number of nitrogens with one attached hydrogen (secondary N) is 1. The van der Waals surface area contributed by atoms with Gasteiger partial charge >= 0.3 is 5.97 Å². The quantitative estimate of drug-likeness (QED) is 0.797. The van der Waals surface area contributed by atoms with Crippen LogP contribution in [0.1, 0.15) is 33.5 Å². The molecule has 110 valence electrons. The highest BCUT2D eigenvalue weighted by atomic mass is 16.4. The van der Waals surface area contributed by atoms with Crippen molar-refractivity contribution in [2.75, 3.05) is 5.32 Å². The van der Waals surface area contributed by atoms with E-state index >= 15 is 0 Å². The monoisotopic (exact) mass is 289 g/mol. The van der Waals surface area contributed by atoms with Crippen LogP contribution >= 0.6 is 0 Å². The Morgan fingerprint density at radius 2 is 2.05 bits per heavy atom. The number of carboxylic acid groups (broad SMARTS) is 1. The van der Waals surface area contributed by atoms with Crippen molar-refractivity contribution >= 4 is 17.6 Å². The molecule has 7 nitrogen and oxygen atoms in total. The van der Waals surface area contributed by atoms with E-state index in [0.717, 1.165) is 5.69 Å². The number of amides is 1. The normalized spacial score (nSPS) is 10.4. The Morgan fingerprint density at radius 3 is 2.62 bits per heavy atom. The lowest BCUT2D eigenvalue weighted by Crippen LogP contribution is -2.17. The Hall–Kier alpha value is -2.83. The Labute approximate surface area is 120 Å². The molecule has 0 radical (unpaired) electrons. The summed E-state index contributed by atoms with van der Waals surface area (Å²) in [6.45, 7) is 4.22. The molecular weight excluding hydrogens is 274 g/mol. The van der Waals surface area contributed by atoms with Crippen LogP contribution < -0.4 is 5.32 Å². The summed E-state index contributed by atoms with van der Waals surface area (Å²) in [5, 5.41) is 25.2. The van der Waals surface area contributed by atoms with Crippen LogP contribution in [0.4, 0.5) is 5.69 Å². The van der Waals surface area contributed by atoms with Crippen LogP contribution in [0.3, 0.4) is 0 Å². The number of nitrogens with zero attached hydrogens (tertiary/aromatic N) is 2. The van der Waals surface area contributed by atoms with E-state index in [1.54, 1.807) is 17.7 Å². The van der Waals surface area contributed by atoms with E-state index in [0.29, 0.717) is 17.9 Å². The van der Waals surface area contributed by atoms with Crippen molar-refractivity contribution in [3.8, 4) is 5.75 Å². The van der Waals surface area contributed by atoms with Gasteiger partial charge in [0.15, 0.2) is 0 Å². The molecule has 0 saturated carbocycles. The third-order valence-corrected chi connectivity index (χ3v) is 2.92. The largest absolute Gasteiger partial charge is 0.507 e. The Kier molecular flexibility index (Phi) is 3.93. The van der Waals surface area contributed by atoms with Gasteiger partial charge in [0.05, 0.1) is 5.69 Å². The van der Waals surface area contributed by atoms with Gasteiger partial charge in [-0.05, 0) is 32.0 Å². The lowest BCUT2D eigenvalue weighted by Gasteiger charge is -2.08. The van der Waals surface area contributed by atoms with Crippen LogP contribution in [0.5, 0.6) is 5.75 Å². The molecule has 1 amide bonds. The van der Waals surface area contributed by atoms with Crippen molar-refractivity contribution < 1.29 is 19.8 Å². The van der Waals surface area contributed by atoms with E-state index in [1.165, 1.54) is 18.2 Å². The van der Waals surface area contributed by atoms with Crippen molar-refractivity contribution in [3.63, 3.8) is 0 Å². The van der Waals surface area contributed by atoms with Crippen molar-refractivity contribution in [2.45, 2.75) is 20.4 Å². The van der Waals surface area contributed by atoms with Gasteiger partial charge in [-0.25, -0.2) is 4.79 Å². The molecule has 0 saturated heterocycles. The first-order valence-corrected chi connectivity index (χ1v) is 6.34. The number of aromatic nitrogens is 2. The number of anilines is 1. The summed E-state index contributed by atoms with van der Waals surface area (Å²) < 4.78 is 1.57. The molecule has 0 bridgehead atoms. The fourth-order valence-corrected chi connectivity index (χ4v) is 1.95. The molecule has 0 unspecified atom stereocenters. The molecule has 0 aliphatic heterocycles. The number of hydrogen-bond donors (Lipinski definition) is 3. The maximum absolute atomic E-state index is 12.2. The molecule has 21 heavy (non-hydrogen) atoms. The van der Waals surface area contributed by atoms with Crippen LogP contribution in [-0.4, -0.2) is 31.9 Å². The van der Waals surface area contributed by atoms with Gasteiger partial charge in [-0.1, -0.05) is 0 Å². The van der Waals surface area contributed by atoms with Crippen molar-refractivity contribution in [1.82, 2.24) is 9.78 Å². The van der Waals surface area contributed by atoms with Crippen LogP contribution in [0.15, 0.2) is 24.3 Å². The minimum atomic E-state index is -1.23. The topological polar surface area (TPSA) is 104 Å². The Balaban J connectivity index is 2.23. The maximum atomic E-state index is 12.2. The van der Waals surface area contributed by atoms with Gasteiger partial charge in [-0.15, -0.1) is 0 Å². The molecule has 1 heterocycles. The van der Waals surface area contributed by atoms with E-state index in [4.69, 9.17) is 5.11 Å². The van der Waals surface area contributed by atoms with Gasteiger partial charge in [0.1, 0.15) is 17.0 Å². The number of aryl methyl sites for hydroxylation is 2. The zero-order chi connectivity index (χ0) is 15.6. The highest BCUT2D eigenvalue weighted by molar-refractivity contribution is 6.03. The minimum Gasteiger partial charge on any atom is -0.507 e. The van der Waals surface area contributed by atoms with Gasteiger partial charge in [-0.3, -0.25) is 9.48 Å². The Morgan fingerprint density at radius 1 is 1.33 bits per heavy atom. The summed E-state index contributed by atoms with van der Waals surface area (Å²) in [6.07, 6.45) is 0. The van der Waals surface area contributed by atoms with E-state index in [9.17, 15) is 14.7 Å². The molecule has 1 aromatic heterocycles. The predicted molar refractivity (Wildman–Crippen MR) is 75.7 cm³/mol. The number of carbonyl (C=O) groups is 2. The third-order valence-electron chi connectivity index (χ3n) is 2.92. The number of rotatable bonds is 4. The van der Waals surface area contributed by atoms with Gasteiger partial charge in [0.25, 0.3) is 5.91 Å². The molecule has 3 N–H and O–H groups in total. The smallest absolute Gasteiger partial charge is 0.339 e. The van der Waals surface area contributed by atoms with Crippen LogP contribution in [0.2, 0.25) is 0 Å². The van der Waals surface area contributed by atoms with Gasteiger partial charge in [0, 0.05) is 18.3 Å². The number of benzene rings is 1. The van der Waals surface area contributed by atoms with Crippen LogP contribution in [-0.2, 0) is 6.54 Å². The fraction of sp³-hybridized carbons (Fsp3) is 0.214. The number of aromatic hydroxyl groups is 1. The van der Waals surface area contributed by atoms with E-state index in [-0.39, 0.29) is 11.5 Å². The summed E-state index contributed by atoms with van der Waals surface area (Å²) >= 11 is 0. The van der Waals surface area contributed by atoms with E-state index in [2.05, 4.69) is 10.4 Å². The number of hydrogen-bond acceptors (Lipinski definition) is 4. The zero-order valence-corrected chi connectivity index (χ0v) is 11.6. The first-order valence-electron chi connectivity index (χ1n) is 6.34. The molecule has 0 aliphatic rings. The Bertz CT molecular complexity index is 706. The second-order valence-electron chi connectivity index (χ2n) is 4.48. The summed E-state index contributed by atoms with van der Waals surface area (Å²) in [4.78, 5) is 23.0. The highest BCUT2D eigenvalue weighted by Crippen LogP contribution is 2.22. The summed E-state index contributed by atoms with van der Waals surface area (Å²) in [6, 6.07) is 5.50. The van der Waals surface area contributed by atoms with Crippen LogP contribution in [0, 0.1) is 6.92 Å². The molecule has 1 aromatic carbocycles. The predicted octanol–water partition coefficient (Wildman–Crippen LogP) is 1.87. The summed E-state index contributed by atoms with van der Waals surface area (Å²) in [7, 11) is 0. The zero-order valence-electron chi connectivity index (χ0n) is 11.6. The number of carbonyl (C=O) groups excluding carboxylic acids is 1. The van der Waals surface area contributed by atoms with Gasteiger partial charge in [0.2, 0.25) is 0 Å². The average Bonchev–Trinajstić information content (AvgIpc) is 2.79. The molecule has 0 aliphatic carbocycles. The van der Waals surface area contributed by atoms with Gasteiger partial charge < -0.3 is 15.5 Å². The standard InChI is InChI=1S/C14H15N3O4/c1-3-17-11(6-8(2)16-17)13(19)15-9-4-5-10(14(20)21)12(18)7-9/h4-7,18H,3H2,1-2H3,(H,15,19)(H,20,21). The highest BCUT2D eigenvalue weighted by Gasteiger charge is 2.15. The molecule has 0 atom stereocenters. The first kappa shape index (κ1) is 14.6. The van der Waals surface area contributed by atoms with Crippen molar-refractivity contribution in [1.29, 1.82) is 0 Å². The molecular formula is C14H15N3O4. The van der Waals surface area contributed by atoms with E-state index in [1.807, 2.05) is 6.92 Å². The number of aromatic carboxylic acids is 1. The molecule has 0 spiro atoms. The summed E-state index contributed by atoms with van der Waals surface area (Å²) in [5.74, 6) is -2.01. The molecule has 7 heteroatoms.